The van der Waals surface area contributed by atoms with E-state index in [0.29, 0.717) is 30.9 Å². The van der Waals surface area contributed by atoms with Crippen LogP contribution in [0.25, 0.3) is 10.9 Å². The van der Waals surface area contributed by atoms with Crippen molar-refractivity contribution in [3.8, 4) is 5.75 Å². The van der Waals surface area contributed by atoms with Crippen LogP contribution >= 0.6 is 0 Å². The first-order valence-corrected chi connectivity index (χ1v) is 11.2. The summed E-state index contributed by atoms with van der Waals surface area (Å²) in [5.41, 5.74) is 2.14. The van der Waals surface area contributed by atoms with E-state index in [1.165, 1.54) is 0 Å². The number of methoxy groups -OCH3 is 1. The number of aliphatic hydroxyl groups excluding tert-OH is 1. The summed E-state index contributed by atoms with van der Waals surface area (Å²) in [6.45, 7) is 0.934. The van der Waals surface area contributed by atoms with Gasteiger partial charge in [-0.15, -0.1) is 0 Å². The summed E-state index contributed by atoms with van der Waals surface area (Å²) in [6, 6.07) is 16.2. The molecular weight excluding hydrogens is 434 g/mol. The number of carbonyl (C=O) groups excluding carboxylic acids is 2. The number of ether oxygens (including phenoxy) is 1. The zero-order valence-corrected chi connectivity index (χ0v) is 19.0. The molecule has 178 valence electrons. The van der Waals surface area contributed by atoms with Gasteiger partial charge in [-0.05, 0) is 42.8 Å². The Morgan fingerprint density at radius 1 is 1.15 bits per heavy atom. The molecule has 3 aromatic rings. The molecule has 1 saturated heterocycles. The van der Waals surface area contributed by atoms with Crippen molar-refractivity contribution in [2.45, 2.75) is 12.5 Å². The van der Waals surface area contributed by atoms with Gasteiger partial charge in [-0.1, -0.05) is 18.2 Å². The molecule has 34 heavy (non-hydrogen) atoms. The van der Waals surface area contributed by atoms with Crippen LogP contribution in [0.2, 0.25) is 0 Å². The van der Waals surface area contributed by atoms with Crippen LogP contribution in [0.3, 0.4) is 0 Å². The number of carbonyl (C=O) groups is 2. The summed E-state index contributed by atoms with van der Waals surface area (Å²) in [4.78, 5) is 31.3. The van der Waals surface area contributed by atoms with Crippen molar-refractivity contribution in [3.05, 3.63) is 60.8 Å². The van der Waals surface area contributed by atoms with Crippen molar-refractivity contribution in [1.29, 1.82) is 0 Å². The smallest absolute Gasteiger partial charge is 0.321 e. The maximum atomic E-state index is 13.0. The molecule has 0 aliphatic carbocycles. The largest absolute Gasteiger partial charge is 0.497 e. The summed E-state index contributed by atoms with van der Waals surface area (Å²) in [7, 11) is 1.59. The van der Waals surface area contributed by atoms with Crippen molar-refractivity contribution in [2.24, 2.45) is 5.92 Å². The molecule has 3 amide bonds. The van der Waals surface area contributed by atoms with Crippen molar-refractivity contribution >= 4 is 34.2 Å². The molecule has 0 radical (unpaired) electrons. The molecule has 1 aliphatic heterocycles. The lowest BCUT2D eigenvalue weighted by Gasteiger charge is -2.38. The minimum absolute atomic E-state index is 0.0680. The summed E-state index contributed by atoms with van der Waals surface area (Å²) < 4.78 is 5.30. The average Bonchev–Trinajstić information content (AvgIpc) is 2.87. The van der Waals surface area contributed by atoms with E-state index in [1.54, 1.807) is 24.3 Å². The van der Waals surface area contributed by atoms with Gasteiger partial charge in [0.15, 0.2) is 0 Å². The number of likely N-dealkylation sites (tertiary alicyclic amines) is 1. The third-order valence-electron chi connectivity index (χ3n) is 6.03. The van der Waals surface area contributed by atoms with Crippen LogP contribution in [-0.2, 0) is 4.79 Å². The summed E-state index contributed by atoms with van der Waals surface area (Å²) in [6.07, 6.45) is 2.28. The molecule has 2 atom stereocenters. The van der Waals surface area contributed by atoms with Crippen molar-refractivity contribution in [1.82, 2.24) is 15.2 Å². The van der Waals surface area contributed by atoms with E-state index >= 15 is 0 Å². The Bertz CT molecular complexity index is 1140. The van der Waals surface area contributed by atoms with E-state index in [4.69, 9.17) is 4.74 Å². The van der Waals surface area contributed by atoms with Crippen LogP contribution < -0.4 is 20.7 Å². The third kappa shape index (κ3) is 5.62. The maximum absolute atomic E-state index is 13.0. The monoisotopic (exact) mass is 463 g/mol. The van der Waals surface area contributed by atoms with Gasteiger partial charge in [-0.25, -0.2) is 4.79 Å². The number of urea groups is 1. The Morgan fingerprint density at radius 3 is 2.74 bits per heavy atom. The standard InChI is InChI=1S/C25H29N5O4/c1-34-19-7-8-22-20(13-19)23(9-11-26-22)29-25(33)30-12-10-21(17(15-30)16-31)27-14-24(32)28-18-5-3-2-4-6-18/h2-9,11,13,17,21,27,31H,10,12,14-16H2,1H3,(H,28,32)(H,26,29,33). The maximum Gasteiger partial charge on any atom is 0.321 e. The van der Waals surface area contributed by atoms with Crippen molar-refractivity contribution in [2.75, 3.05) is 44.0 Å². The minimum Gasteiger partial charge on any atom is -0.497 e. The number of hydrogen-bond acceptors (Lipinski definition) is 6. The highest BCUT2D eigenvalue weighted by atomic mass is 16.5. The number of nitrogens with one attached hydrogen (secondary N) is 3. The molecule has 1 fully saturated rings. The van der Waals surface area contributed by atoms with E-state index in [-0.39, 0.29) is 37.0 Å². The quantitative estimate of drug-likeness (QED) is 0.428. The Labute approximate surface area is 198 Å². The Balaban J connectivity index is 1.34. The predicted octanol–water partition coefficient (Wildman–Crippen LogP) is 2.69. The van der Waals surface area contributed by atoms with E-state index in [1.807, 2.05) is 48.5 Å². The molecule has 9 heteroatoms. The Hall–Kier alpha value is -3.69. The van der Waals surface area contributed by atoms with Crippen molar-refractivity contribution < 1.29 is 19.4 Å². The van der Waals surface area contributed by atoms with Crippen molar-refractivity contribution in [3.63, 3.8) is 0 Å². The number of hydrogen-bond donors (Lipinski definition) is 4. The van der Waals surface area contributed by atoms with Gasteiger partial charge in [0, 0.05) is 48.9 Å². The molecular formula is C25H29N5O4. The molecule has 1 aliphatic rings. The van der Waals surface area contributed by atoms with Crippen LogP contribution in [0, 0.1) is 5.92 Å². The number of fused-ring (bicyclic) bond motifs is 1. The van der Waals surface area contributed by atoms with E-state index in [2.05, 4.69) is 20.9 Å². The molecule has 2 heterocycles. The van der Waals surface area contributed by atoms with Crippen LogP contribution in [-0.4, -0.2) is 66.3 Å². The topological polar surface area (TPSA) is 116 Å². The SMILES string of the molecule is COc1ccc2nccc(NC(=O)N3CCC(NCC(=O)Nc4ccccc4)C(CO)C3)c2c1. The van der Waals surface area contributed by atoms with Gasteiger partial charge in [0.25, 0.3) is 0 Å². The van der Waals surface area contributed by atoms with Crippen LogP contribution in [0.4, 0.5) is 16.2 Å². The molecule has 1 aromatic heterocycles. The highest BCUT2D eigenvalue weighted by Crippen LogP contribution is 2.27. The second-order valence-corrected chi connectivity index (χ2v) is 8.25. The van der Waals surface area contributed by atoms with Gasteiger partial charge >= 0.3 is 6.03 Å². The highest BCUT2D eigenvalue weighted by Gasteiger charge is 2.31. The molecule has 0 bridgehead atoms. The Kier molecular flexibility index (Phi) is 7.56. The van der Waals surface area contributed by atoms with Gasteiger partial charge in [0.2, 0.25) is 5.91 Å². The molecule has 9 nitrogen and oxygen atoms in total. The number of benzene rings is 2. The zero-order chi connectivity index (χ0) is 23.9. The van der Waals surface area contributed by atoms with Gasteiger partial charge < -0.3 is 30.7 Å². The second-order valence-electron chi connectivity index (χ2n) is 8.25. The fraction of sp³-hybridized carbons (Fsp3) is 0.320. The molecule has 4 N–H and O–H groups in total. The van der Waals surface area contributed by atoms with Gasteiger partial charge in [-0.3, -0.25) is 9.78 Å². The van der Waals surface area contributed by atoms with Gasteiger partial charge in [0.05, 0.1) is 24.9 Å². The number of nitrogens with zero attached hydrogens (tertiary/aromatic N) is 2. The van der Waals surface area contributed by atoms with E-state index < -0.39 is 0 Å². The average molecular weight is 464 g/mol. The lowest BCUT2D eigenvalue weighted by molar-refractivity contribution is -0.115. The summed E-state index contributed by atoms with van der Waals surface area (Å²) >= 11 is 0. The van der Waals surface area contributed by atoms with Crippen LogP contribution in [0.1, 0.15) is 6.42 Å². The number of para-hydroxylation sites is 1. The number of pyridine rings is 1. The summed E-state index contributed by atoms with van der Waals surface area (Å²) in [5.74, 6) is 0.348. The van der Waals surface area contributed by atoms with Gasteiger partial charge in [-0.2, -0.15) is 0 Å². The highest BCUT2D eigenvalue weighted by molar-refractivity contribution is 6.00. The van der Waals surface area contributed by atoms with E-state index in [9.17, 15) is 14.7 Å². The summed E-state index contributed by atoms with van der Waals surface area (Å²) in [5, 5.41) is 19.8. The normalized spacial score (nSPS) is 17.9. The second kappa shape index (κ2) is 11.0. The molecule has 2 aromatic carbocycles. The number of piperidine rings is 1. The number of anilines is 2. The first-order chi connectivity index (χ1) is 16.6. The fourth-order valence-corrected chi connectivity index (χ4v) is 4.18. The van der Waals surface area contributed by atoms with E-state index in [0.717, 1.165) is 16.6 Å². The number of aromatic nitrogens is 1. The zero-order valence-electron chi connectivity index (χ0n) is 19.0. The number of aliphatic hydroxyl groups is 1. The first-order valence-electron chi connectivity index (χ1n) is 11.2. The third-order valence-corrected chi connectivity index (χ3v) is 6.03. The molecule has 0 spiro atoms. The molecule has 0 saturated carbocycles. The van der Waals surface area contributed by atoms with Crippen LogP contribution in [0.15, 0.2) is 60.8 Å². The lowest BCUT2D eigenvalue weighted by atomic mass is 9.93. The fourth-order valence-electron chi connectivity index (χ4n) is 4.18. The predicted molar refractivity (Wildman–Crippen MR) is 131 cm³/mol. The molecule has 4 rings (SSSR count). The van der Waals surface area contributed by atoms with Crippen LogP contribution in [0.5, 0.6) is 5.75 Å². The lowest BCUT2D eigenvalue weighted by Crippen LogP contribution is -2.54. The number of amides is 3. The first kappa shape index (κ1) is 23.5. The number of rotatable bonds is 7. The minimum atomic E-state index is -0.242. The Morgan fingerprint density at radius 2 is 1.97 bits per heavy atom. The van der Waals surface area contributed by atoms with Gasteiger partial charge in [0.1, 0.15) is 5.75 Å². The molecule has 2 unspecified atom stereocenters.